The molecule has 0 bridgehead atoms. The van der Waals surface area contributed by atoms with Gasteiger partial charge in [-0.1, -0.05) is 20.8 Å². The van der Waals surface area contributed by atoms with Crippen molar-refractivity contribution in [1.82, 2.24) is 5.32 Å². The first kappa shape index (κ1) is 35.9. The molecule has 12 heteroatoms. The summed E-state index contributed by atoms with van der Waals surface area (Å²) in [5.74, 6) is -1.24. The molecule has 0 heterocycles. The minimum absolute atomic E-state index is 0.00249. The van der Waals surface area contributed by atoms with Crippen molar-refractivity contribution in [2.24, 2.45) is 0 Å². The van der Waals surface area contributed by atoms with Crippen LogP contribution in [-0.4, -0.2) is 118 Å². The number of nitrogens with one attached hydrogen (secondary N) is 1. The average molecular weight is 554 g/mol. The zero-order valence-electron chi connectivity index (χ0n) is 23.6. The van der Waals surface area contributed by atoms with Crippen LogP contribution in [-0.2, 0) is 42.4 Å². The minimum atomic E-state index is -1.70. The van der Waals surface area contributed by atoms with Crippen LogP contribution in [0.3, 0.4) is 0 Å². The van der Waals surface area contributed by atoms with Crippen molar-refractivity contribution >= 4 is 20.2 Å². The Morgan fingerprint density at radius 1 is 0.649 bits per heavy atom. The van der Waals surface area contributed by atoms with Gasteiger partial charge in [-0.15, -0.1) is 0 Å². The van der Waals surface area contributed by atoms with Gasteiger partial charge in [0.1, 0.15) is 0 Å². The van der Waals surface area contributed by atoms with Gasteiger partial charge in [0.2, 0.25) is 5.91 Å². The first-order valence-corrected chi connectivity index (χ1v) is 16.1. The van der Waals surface area contributed by atoms with E-state index in [2.05, 4.69) is 39.2 Å². The lowest BCUT2D eigenvalue weighted by atomic mass is 10.2. The van der Waals surface area contributed by atoms with E-state index in [1.165, 1.54) is 0 Å². The molecule has 0 spiro atoms. The maximum atomic E-state index is 11.3. The van der Waals surface area contributed by atoms with Gasteiger partial charge in [0.15, 0.2) is 8.32 Å². The van der Waals surface area contributed by atoms with Crippen LogP contribution in [0.15, 0.2) is 0 Å². The molecule has 0 unspecified atom stereocenters. The molecule has 0 aliphatic rings. The Morgan fingerprint density at radius 3 is 1.41 bits per heavy atom. The number of aliphatic carboxylic acids is 1. The smallest absolute Gasteiger partial charge is 0.303 e. The lowest BCUT2D eigenvalue weighted by Gasteiger charge is -2.36. The lowest BCUT2D eigenvalue weighted by Crippen LogP contribution is -2.41. The fourth-order valence-electron chi connectivity index (χ4n) is 2.48. The SMILES string of the molecule is CC(C)(C)[Si](C)(C)OCCOCCOCCOCCOCCOCCOCCCNC(=O)CCC(=O)O. The third-order valence-corrected chi connectivity index (χ3v) is 10.2. The van der Waals surface area contributed by atoms with Gasteiger partial charge >= 0.3 is 5.97 Å². The molecule has 0 aromatic heterocycles. The number of ether oxygens (including phenoxy) is 6. The van der Waals surface area contributed by atoms with Gasteiger partial charge in [-0.3, -0.25) is 9.59 Å². The van der Waals surface area contributed by atoms with Crippen molar-refractivity contribution < 1.29 is 47.5 Å². The summed E-state index contributed by atoms with van der Waals surface area (Å²) in [6, 6.07) is 0. The molecule has 0 rings (SSSR count). The van der Waals surface area contributed by atoms with Crippen molar-refractivity contribution in [1.29, 1.82) is 0 Å². The van der Waals surface area contributed by atoms with Gasteiger partial charge < -0.3 is 43.3 Å². The van der Waals surface area contributed by atoms with Crippen LogP contribution in [0.4, 0.5) is 0 Å². The molecule has 37 heavy (non-hydrogen) atoms. The van der Waals surface area contributed by atoms with Crippen molar-refractivity contribution in [3.8, 4) is 0 Å². The van der Waals surface area contributed by atoms with Crippen LogP contribution in [0, 0.1) is 0 Å². The molecule has 11 nitrogen and oxygen atoms in total. The normalized spacial score (nSPS) is 12.1. The Labute approximate surface area is 223 Å². The van der Waals surface area contributed by atoms with Crippen LogP contribution >= 0.6 is 0 Å². The van der Waals surface area contributed by atoms with E-state index in [9.17, 15) is 9.59 Å². The molecule has 0 fully saturated rings. The molecular formula is C25H51NO10Si. The Morgan fingerprint density at radius 2 is 1.03 bits per heavy atom. The molecule has 0 saturated heterocycles. The summed E-state index contributed by atoms with van der Waals surface area (Å²) in [7, 11) is -1.70. The quantitative estimate of drug-likeness (QED) is 0.122. The first-order valence-electron chi connectivity index (χ1n) is 13.1. The lowest BCUT2D eigenvalue weighted by molar-refractivity contribution is -0.138. The Kier molecular flexibility index (Phi) is 22.1. The zero-order valence-corrected chi connectivity index (χ0v) is 24.6. The second-order valence-corrected chi connectivity index (χ2v) is 14.7. The van der Waals surface area contributed by atoms with Crippen LogP contribution in [0.2, 0.25) is 18.1 Å². The maximum absolute atomic E-state index is 11.3. The van der Waals surface area contributed by atoms with Gasteiger partial charge in [-0.2, -0.15) is 0 Å². The van der Waals surface area contributed by atoms with Crippen molar-refractivity contribution in [3.05, 3.63) is 0 Å². The highest BCUT2D eigenvalue weighted by atomic mass is 28.4. The van der Waals surface area contributed by atoms with Gasteiger partial charge in [-0.05, 0) is 24.6 Å². The monoisotopic (exact) mass is 553 g/mol. The fourth-order valence-corrected chi connectivity index (χ4v) is 3.51. The number of hydrogen-bond acceptors (Lipinski definition) is 9. The van der Waals surface area contributed by atoms with Gasteiger partial charge in [0, 0.05) is 19.6 Å². The van der Waals surface area contributed by atoms with Crippen molar-refractivity contribution in [2.75, 3.05) is 92.4 Å². The van der Waals surface area contributed by atoms with Crippen LogP contribution in [0.1, 0.15) is 40.0 Å². The second kappa shape index (κ2) is 22.8. The van der Waals surface area contributed by atoms with E-state index in [0.717, 1.165) is 0 Å². The molecule has 0 radical (unpaired) electrons. The highest BCUT2D eigenvalue weighted by Crippen LogP contribution is 2.36. The summed E-state index contributed by atoms with van der Waals surface area (Å²) in [5.41, 5.74) is 0. The molecule has 0 aliphatic heterocycles. The number of amides is 1. The van der Waals surface area contributed by atoms with Crippen molar-refractivity contribution in [3.63, 3.8) is 0 Å². The highest BCUT2D eigenvalue weighted by Gasteiger charge is 2.36. The van der Waals surface area contributed by atoms with Gasteiger partial charge in [0.25, 0.3) is 0 Å². The van der Waals surface area contributed by atoms with Crippen LogP contribution in [0.25, 0.3) is 0 Å². The average Bonchev–Trinajstić information content (AvgIpc) is 2.82. The molecule has 0 atom stereocenters. The number of carboxylic acids is 1. The Bertz CT molecular complexity index is 572. The second-order valence-electron chi connectivity index (χ2n) is 9.88. The predicted octanol–water partition coefficient (Wildman–Crippen LogP) is 2.48. The summed E-state index contributed by atoms with van der Waals surface area (Å²) in [6.07, 6.45) is 0.502. The molecule has 0 aromatic carbocycles. The summed E-state index contributed by atoms with van der Waals surface area (Å²) in [6.45, 7) is 18.3. The van der Waals surface area contributed by atoms with Crippen molar-refractivity contribution in [2.45, 2.75) is 58.2 Å². The maximum Gasteiger partial charge on any atom is 0.303 e. The number of carbonyl (C=O) groups excluding carboxylic acids is 1. The molecule has 220 valence electrons. The van der Waals surface area contributed by atoms with Gasteiger partial charge in [-0.25, -0.2) is 0 Å². The summed E-state index contributed by atoms with van der Waals surface area (Å²) in [4.78, 5) is 21.7. The van der Waals surface area contributed by atoms with Crippen LogP contribution in [0.5, 0.6) is 0 Å². The van der Waals surface area contributed by atoms with Gasteiger partial charge in [0.05, 0.1) is 85.7 Å². The van der Waals surface area contributed by atoms with E-state index in [4.69, 9.17) is 38.0 Å². The zero-order chi connectivity index (χ0) is 27.8. The standard InChI is InChI=1S/C25H51NO10Si/c1-25(2,3)37(4,5)36-22-21-35-20-19-34-18-17-33-16-15-32-14-13-31-12-11-30-10-6-9-26-23(27)7-8-24(28)29/h6-22H2,1-5H3,(H,26,27)(H,28,29). The van der Waals surface area contributed by atoms with E-state index in [1.807, 2.05) is 0 Å². The Hall–Kier alpha value is -1.12. The molecule has 2 N–H and O–H groups in total. The summed E-state index contributed by atoms with van der Waals surface area (Å²) >= 11 is 0. The van der Waals surface area contributed by atoms with E-state index in [0.29, 0.717) is 98.9 Å². The number of rotatable bonds is 26. The third-order valence-electron chi connectivity index (χ3n) is 5.71. The number of carboxylic acid groups (broad SMARTS) is 1. The highest BCUT2D eigenvalue weighted by molar-refractivity contribution is 6.74. The fraction of sp³-hybridized carbons (Fsp3) is 0.920. The predicted molar refractivity (Wildman–Crippen MR) is 143 cm³/mol. The molecular weight excluding hydrogens is 502 g/mol. The molecule has 0 aromatic rings. The van der Waals surface area contributed by atoms with E-state index >= 15 is 0 Å². The Balaban J connectivity index is 3.21. The minimum Gasteiger partial charge on any atom is -0.481 e. The topological polar surface area (TPSA) is 131 Å². The molecule has 1 amide bonds. The van der Waals surface area contributed by atoms with E-state index in [1.54, 1.807) is 0 Å². The summed E-state index contributed by atoms with van der Waals surface area (Å²) < 4.78 is 38.8. The summed E-state index contributed by atoms with van der Waals surface area (Å²) in [5, 5.41) is 11.4. The van der Waals surface area contributed by atoms with E-state index < -0.39 is 14.3 Å². The number of hydrogen-bond donors (Lipinski definition) is 2. The van der Waals surface area contributed by atoms with E-state index in [-0.39, 0.29) is 23.8 Å². The molecule has 0 saturated carbocycles. The van der Waals surface area contributed by atoms with Crippen LogP contribution < -0.4 is 5.32 Å². The number of carbonyl (C=O) groups is 2. The first-order chi connectivity index (χ1) is 17.6. The largest absolute Gasteiger partial charge is 0.481 e. The third kappa shape index (κ3) is 23.7. The molecule has 0 aliphatic carbocycles.